The van der Waals surface area contributed by atoms with E-state index in [9.17, 15) is 4.79 Å². The van der Waals surface area contributed by atoms with Crippen molar-refractivity contribution in [1.29, 1.82) is 0 Å². The SMILES string of the molecule is Cc1ccc(NC(=O)CCCCCCCCCCBr)cc1C. The van der Waals surface area contributed by atoms with Gasteiger partial charge in [-0.15, -0.1) is 0 Å². The molecule has 0 heterocycles. The van der Waals surface area contributed by atoms with Crippen molar-refractivity contribution in [2.24, 2.45) is 0 Å². The van der Waals surface area contributed by atoms with Crippen LogP contribution in [0.5, 0.6) is 0 Å². The highest BCUT2D eigenvalue weighted by molar-refractivity contribution is 9.09. The number of hydrogen-bond donors (Lipinski definition) is 1. The van der Waals surface area contributed by atoms with Crippen LogP contribution >= 0.6 is 15.9 Å². The Morgan fingerprint density at radius 1 is 0.909 bits per heavy atom. The first-order valence-electron chi connectivity index (χ1n) is 8.56. The van der Waals surface area contributed by atoms with E-state index in [-0.39, 0.29) is 5.91 Å². The summed E-state index contributed by atoms with van der Waals surface area (Å²) in [6, 6.07) is 6.08. The van der Waals surface area contributed by atoms with Crippen molar-refractivity contribution in [2.75, 3.05) is 10.6 Å². The summed E-state index contributed by atoms with van der Waals surface area (Å²) in [6.07, 6.45) is 10.7. The molecule has 1 amide bonds. The molecule has 0 aliphatic rings. The minimum absolute atomic E-state index is 0.139. The van der Waals surface area contributed by atoms with Crippen LogP contribution in [-0.4, -0.2) is 11.2 Å². The lowest BCUT2D eigenvalue weighted by molar-refractivity contribution is -0.116. The third-order valence-electron chi connectivity index (χ3n) is 4.08. The molecule has 3 heteroatoms. The molecule has 1 N–H and O–H groups in total. The van der Waals surface area contributed by atoms with Crippen molar-refractivity contribution in [3.63, 3.8) is 0 Å². The van der Waals surface area contributed by atoms with Gasteiger partial charge >= 0.3 is 0 Å². The highest BCUT2D eigenvalue weighted by atomic mass is 79.9. The first-order chi connectivity index (χ1) is 10.6. The number of benzene rings is 1. The van der Waals surface area contributed by atoms with Crippen molar-refractivity contribution < 1.29 is 4.79 Å². The quantitative estimate of drug-likeness (QED) is 0.368. The van der Waals surface area contributed by atoms with Gasteiger partial charge < -0.3 is 5.32 Å². The summed E-state index contributed by atoms with van der Waals surface area (Å²) in [6.45, 7) is 4.16. The lowest BCUT2D eigenvalue weighted by Gasteiger charge is -2.07. The lowest BCUT2D eigenvalue weighted by Crippen LogP contribution is -2.11. The number of unbranched alkanes of at least 4 members (excludes halogenated alkanes) is 7. The molecule has 0 fully saturated rings. The van der Waals surface area contributed by atoms with E-state index < -0.39 is 0 Å². The number of alkyl halides is 1. The molecule has 0 aromatic heterocycles. The molecule has 0 aliphatic heterocycles. The largest absolute Gasteiger partial charge is 0.326 e. The number of hydrogen-bond acceptors (Lipinski definition) is 1. The number of carbonyl (C=O) groups excluding carboxylic acids is 1. The van der Waals surface area contributed by atoms with E-state index in [0.29, 0.717) is 6.42 Å². The van der Waals surface area contributed by atoms with Crippen molar-refractivity contribution in [1.82, 2.24) is 0 Å². The number of rotatable bonds is 11. The van der Waals surface area contributed by atoms with Crippen LogP contribution in [0.4, 0.5) is 5.69 Å². The number of halogens is 1. The monoisotopic (exact) mass is 367 g/mol. The maximum Gasteiger partial charge on any atom is 0.224 e. The Kier molecular flexibility index (Phi) is 10.2. The predicted molar refractivity (Wildman–Crippen MR) is 99.9 cm³/mol. The third kappa shape index (κ3) is 8.57. The molecule has 1 rings (SSSR count). The zero-order valence-electron chi connectivity index (χ0n) is 14.1. The molecule has 0 aliphatic carbocycles. The third-order valence-corrected chi connectivity index (χ3v) is 4.64. The number of amides is 1. The molecular weight excluding hydrogens is 338 g/mol. The Balaban J connectivity index is 2.05. The van der Waals surface area contributed by atoms with Gasteiger partial charge in [-0.05, 0) is 49.9 Å². The van der Waals surface area contributed by atoms with E-state index in [0.717, 1.165) is 17.4 Å². The summed E-state index contributed by atoms with van der Waals surface area (Å²) in [5.74, 6) is 0.139. The van der Waals surface area contributed by atoms with Crippen molar-refractivity contribution in [2.45, 2.75) is 71.6 Å². The number of anilines is 1. The van der Waals surface area contributed by atoms with Crippen LogP contribution < -0.4 is 5.32 Å². The Bertz CT molecular complexity index is 445. The molecule has 22 heavy (non-hydrogen) atoms. The Morgan fingerprint density at radius 2 is 1.50 bits per heavy atom. The van der Waals surface area contributed by atoms with Gasteiger partial charge in [0.1, 0.15) is 0 Å². The second kappa shape index (κ2) is 11.7. The molecule has 0 saturated carbocycles. The summed E-state index contributed by atoms with van der Waals surface area (Å²) in [5, 5.41) is 4.12. The van der Waals surface area contributed by atoms with E-state index in [1.54, 1.807) is 0 Å². The normalized spacial score (nSPS) is 10.7. The van der Waals surface area contributed by atoms with Gasteiger partial charge in [-0.1, -0.05) is 60.5 Å². The molecule has 0 radical (unpaired) electrons. The molecule has 0 bridgehead atoms. The topological polar surface area (TPSA) is 29.1 Å². The van der Waals surface area contributed by atoms with Crippen LogP contribution in [0.3, 0.4) is 0 Å². The van der Waals surface area contributed by atoms with Crippen LogP contribution in [0, 0.1) is 13.8 Å². The van der Waals surface area contributed by atoms with E-state index in [1.807, 2.05) is 12.1 Å². The van der Waals surface area contributed by atoms with Gasteiger partial charge in [0.15, 0.2) is 0 Å². The fourth-order valence-electron chi connectivity index (χ4n) is 2.48. The standard InChI is InChI=1S/C19H30BrNO/c1-16-12-13-18(15-17(16)2)21-19(22)11-9-7-5-3-4-6-8-10-14-20/h12-13,15H,3-11,14H2,1-2H3,(H,21,22). The van der Waals surface area contributed by atoms with E-state index in [1.165, 1.54) is 56.1 Å². The van der Waals surface area contributed by atoms with Gasteiger partial charge in [0.05, 0.1) is 0 Å². The van der Waals surface area contributed by atoms with Crippen molar-refractivity contribution in [3.05, 3.63) is 29.3 Å². The van der Waals surface area contributed by atoms with E-state index in [4.69, 9.17) is 0 Å². The average molecular weight is 368 g/mol. The van der Waals surface area contributed by atoms with E-state index >= 15 is 0 Å². The summed E-state index contributed by atoms with van der Waals surface area (Å²) in [4.78, 5) is 11.9. The molecule has 0 atom stereocenters. The fraction of sp³-hybridized carbons (Fsp3) is 0.632. The highest BCUT2D eigenvalue weighted by Gasteiger charge is 2.03. The zero-order valence-corrected chi connectivity index (χ0v) is 15.7. The van der Waals surface area contributed by atoms with Gasteiger partial charge in [0.2, 0.25) is 5.91 Å². The maximum atomic E-state index is 11.9. The Morgan fingerprint density at radius 3 is 2.09 bits per heavy atom. The number of nitrogens with one attached hydrogen (secondary N) is 1. The Hall–Kier alpha value is -0.830. The van der Waals surface area contributed by atoms with Crippen LogP contribution in [0.25, 0.3) is 0 Å². The summed E-state index contributed by atoms with van der Waals surface area (Å²) >= 11 is 3.46. The number of aryl methyl sites for hydroxylation is 2. The predicted octanol–water partition coefficient (Wildman–Crippen LogP) is 6.15. The second-order valence-corrected chi connectivity index (χ2v) is 6.91. The molecule has 124 valence electrons. The second-order valence-electron chi connectivity index (χ2n) is 6.11. The maximum absolute atomic E-state index is 11.9. The minimum atomic E-state index is 0.139. The van der Waals surface area contributed by atoms with Crippen LogP contribution in [-0.2, 0) is 4.79 Å². The zero-order chi connectivity index (χ0) is 16.2. The lowest BCUT2D eigenvalue weighted by atomic mass is 10.1. The molecule has 2 nitrogen and oxygen atoms in total. The molecule has 0 unspecified atom stereocenters. The first kappa shape index (κ1) is 19.2. The molecule has 0 saturated heterocycles. The molecule has 0 spiro atoms. The van der Waals surface area contributed by atoms with Crippen molar-refractivity contribution >= 4 is 27.5 Å². The first-order valence-corrected chi connectivity index (χ1v) is 9.68. The van der Waals surface area contributed by atoms with Gasteiger partial charge in [-0.25, -0.2) is 0 Å². The summed E-state index contributed by atoms with van der Waals surface area (Å²) in [5.41, 5.74) is 3.40. The minimum Gasteiger partial charge on any atom is -0.326 e. The average Bonchev–Trinajstić information content (AvgIpc) is 2.49. The summed E-state index contributed by atoms with van der Waals surface area (Å²) in [7, 11) is 0. The fourth-order valence-corrected chi connectivity index (χ4v) is 2.88. The van der Waals surface area contributed by atoms with Crippen LogP contribution in [0.1, 0.15) is 68.9 Å². The smallest absolute Gasteiger partial charge is 0.224 e. The van der Waals surface area contributed by atoms with Crippen LogP contribution in [0.2, 0.25) is 0 Å². The Labute approximate surface area is 144 Å². The number of carbonyl (C=O) groups is 1. The van der Waals surface area contributed by atoms with Gasteiger partial charge in [0.25, 0.3) is 0 Å². The summed E-state index contributed by atoms with van der Waals surface area (Å²) < 4.78 is 0. The van der Waals surface area contributed by atoms with Crippen molar-refractivity contribution in [3.8, 4) is 0 Å². The van der Waals surface area contributed by atoms with Gasteiger partial charge in [0, 0.05) is 17.4 Å². The molecular formula is C19H30BrNO. The molecule has 1 aromatic rings. The molecule has 1 aromatic carbocycles. The van der Waals surface area contributed by atoms with Crippen LogP contribution in [0.15, 0.2) is 18.2 Å². The highest BCUT2D eigenvalue weighted by Crippen LogP contribution is 2.15. The van der Waals surface area contributed by atoms with Gasteiger partial charge in [-0.2, -0.15) is 0 Å². The van der Waals surface area contributed by atoms with Gasteiger partial charge in [-0.3, -0.25) is 4.79 Å². The van der Waals surface area contributed by atoms with E-state index in [2.05, 4.69) is 41.2 Å².